The molecule has 5 heteroatoms. The molecule has 1 aromatic rings. The van der Waals surface area contributed by atoms with Crippen LogP contribution in [0.1, 0.15) is 34.8 Å². The molecule has 0 saturated carbocycles. The number of hydrogen-bond donors (Lipinski definition) is 3. The van der Waals surface area contributed by atoms with Crippen LogP contribution >= 0.6 is 11.3 Å². The quantitative estimate of drug-likeness (QED) is 0.698. The van der Waals surface area contributed by atoms with Gasteiger partial charge < -0.3 is 15.5 Å². The number of thiophene rings is 1. The number of aliphatic hydroxyl groups is 1. The van der Waals surface area contributed by atoms with Crippen LogP contribution in [0.2, 0.25) is 0 Å². The van der Waals surface area contributed by atoms with Crippen molar-refractivity contribution in [1.82, 2.24) is 5.32 Å². The number of carbonyl (C=O) groups is 1. The lowest BCUT2D eigenvalue weighted by Crippen LogP contribution is -2.29. The summed E-state index contributed by atoms with van der Waals surface area (Å²) in [7, 11) is 0. The van der Waals surface area contributed by atoms with Gasteiger partial charge in [-0.15, -0.1) is 11.3 Å². The molecule has 0 aliphatic rings. The van der Waals surface area contributed by atoms with Gasteiger partial charge in [0.15, 0.2) is 0 Å². The number of aliphatic hydroxyl groups excluding tert-OH is 1. The average Bonchev–Trinajstić information content (AvgIpc) is 2.66. The van der Waals surface area contributed by atoms with Gasteiger partial charge in [0.25, 0.3) is 0 Å². The molecule has 0 fully saturated rings. The summed E-state index contributed by atoms with van der Waals surface area (Å²) in [5.74, 6) is -0.873. The maximum Gasteiger partial charge on any atom is 0.345 e. The summed E-state index contributed by atoms with van der Waals surface area (Å²) in [6, 6.07) is 3.46. The highest BCUT2D eigenvalue weighted by Crippen LogP contribution is 2.19. The van der Waals surface area contributed by atoms with E-state index in [0.717, 1.165) is 17.8 Å². The molecule has 0 spiro atoms. The first-order valence-electron chi connectivity index (χ1n) is 5.58. The molecule has 0 aliphatic heterocycles. The van der Waals surface area contributed by atoms with Crippen LogP contribution in [-0.2, 0) is 6.54 Å². The highest BCUT2D eigenvalue weighted by Gasteiger charge is 2.16. The van der Waals surface area contributed by atoms with Gasteiger partial charge in [-0.1, -0.05) is 13.8 Å². The molecule has 0 unspecified atom stereocenters. The Morgan fingerprint density at radius 1 is 1.47 bits per heavy atom. The van der Waals surface area contributed by atoms with Gasteiger partial charge in [-0.2, -0.15) is 0 Å². The summed E-state index contributed by atoms with van der Waals surface area (Å²) in [6.45, 7) is 5.85. The molecule has 3 N–H and O–H groups in total. The summed E-state index contributed by atoms with van der Waals surface area (Å²) >= 11 is 1.29. The van der Waals surface area contributed by atoms with E-state index in [9.17, 15) is 4.79 Å². The normalized spacial score (nSPS) is 11.7. The van der Waals surface area contributed by atoms with E-state index in [4.69, 9.17) is 10.2 Å². The van der Waals surface area contributed by atoms with E-state index in [2.05, 4.69) is 19.2 Å². The Labute approximate surface area is 105 Å². The first-order valence-corrected chi connectivity index (χ1v) is 6.40. The van der Waals surface area contributed by atoms with Crippen molar-refractivity contribution < 1.29 is 15.0 Å². The summed E-state index contributed by atoms with van der Waals surface area (Å²) in [5.41, 5.74) is 0.0572. The summed E-state index contributed by atoms with van der Waals surface area (Å²) in [5, 5.41) is 21.0. The van der Waals surface area contributed by atoms with Gasteiger partial charge >= 0.3 is 5.97 Å². The zero-order chi connectivity index (χ0) is 12.9. The molecule has 17 heavy (non-hydrogen) atoms. The molecule has 0 radical (unpaired) electrons. The predicted molar refractivity (Wildman–Crippen MR) is 68.5 cm³/mol. The lowest BCUT2D eigenvalue weighted by Gasteiger charge is -2.23. The minimum atomic E-state index is -0.873. The molecule has 0 bridgehead atoms. The standard InChI is InChI=1S/C12H19NO3S/c1-12(2,5-6-14)8-13-7-9-3-4-10(17-9)11(15)16/h3-4,13-14H,5-8H2,1-2H3,(H,15,16). The van der Waals surface area contributed by atoms with Crippen LogP contribution in [0, 0.1) is 5.41 Å². The lowest BCUT2D eigenvalue weighted by molar-refractivity contribution is 0.0702. The Bertz CT molecular complexity index is 374. The summed E-state index contributed by atoms with van der Waals surface area (Å²) in [4.78, 5) is 12.1. The van der Waals surface area contributed by atoms with E-state index in [1.165, 1.54) is 11.3 Å². The van der Waals surface area contributed by atoms with E-state index in [1.807, 2.05) is 6.07 Å². The Hall–Kier alpha value is -0.910. The molecule has 1 aromatic heterocycles. The maximum absolute atomic E-state index is 10.7. The molecule has 0 saturated heterocycles. The zero-order valence-corrected chi connectivity index (χ0v) is 11.0. The SMILES string of the molecule is CC(C)(CCO)CNCc1ccc(C(=O)O)s1. The molecule has 1 rings (SSSR count). The van der Waals surface area contributed by atoms with Crippen molar-refractivity contribution in [3.05, 3.63) is 21.9 Å². The third-order valence-electron chi connectivity index (χ3n) is 2.56. The van der Waals surface area contributed by atoms with Gasteiger partial charge in [0.2, 0.25) is 0 Å². The lowest BCUT2D eigenvalue weighted by atomic mass is 9.90. The van der Waals surface area contributed by atoms with Crippen LogP contribution in [0.15, 0.2) is 12.1 Å². The van der Waals surface area contributed by atoms with Gasteiger partial charge in [-0.05, 0) is 24.0 Å². The number of hydrogen-bond acceptors (Lipinski definition) is 4. The summed E-state index contributed by atoms with van der Waals surface area (Å²) in [6.07, 6.45) is 0.755. The first kappa shape index (κ1) is 14.2. The monoisotopic (exact) mass is 257 g/mol. The number of aromatic carboxylic acids is 1. The van der Waals surface area contributed by atoms with Crippen molar-refractivity contribution in [1.29, 1.82) is 0 Å². The summed E-state index contributed by atoms with van der Waals surface area (Å²) < 4.78 is 0. The van der Waals surface area contributed by atoms with E-state index in [1.54, 1.807) is 6.07 Å². The maximum atomic E-state index is 10.7. The average molecular weight is 257 g/mol. The topological polar surface area (TPSA) is 69.6 Å². The van der Waals surface area contributed by atoms with E-state index < -0.39 is 5.97 Å². The van der Waals surface area contributed by atoms with Crippen molar-refractivity contribution in [3.8, 4) is 0 Å². The second kappa shape index (κ2) is 6.14. The van der Waals surface area contributed by atoms with Crippen LogP contribution in [0.25, 0.3) is 0 Å². The molecule has 0 aliphatic carbocycles. The van der Waals surface area contributed by atoms with E-state index in [0.29, 0.717) is 11.4 Å². The third kappa shape index (κ3) is 4.85. The third-order valence-corrected chi connectivity index (χ3v) is 3.64. The molecule has 0 atom stereocenters. The van der Waals surface area contributed by atoms with Crippen molar-refractivity contribution in [2.45, 2.75) is 26.8 Å². The van der Waals surface area contributed by atoms with Crippen molar-refractivity contribution in [2.24, 2.45) is 5.41 Å². The van der Waals surface area contributed by atoms with Crippen LogP contribution in [0.5, 0.6) is 0 Å². The van der Waals surface area contributed by atoms with E-state index in [-0.39, 0.29) is 12.0 Å². The smallest absolute Gasteiger partial charge is 0.345 e. The molecular formula is C12H19NO3S. The van der Waals surface area contributed by atoms with Gasteiger partial charge in [0.1, 0.15) is 4.88 Å². The number of carboxylic acid groups (broad SMARTS) is 1. The molecular weight excluding hydrogens is 238 g/mol. The molecule has 0 amide bonds. The Kier molecular flexibility index (Phi) is 5.11. The fourth-order valence-corrected chi connectivity index (χ4v) is 2.32. The molecule has 96 valence electrons. The van der Waals surface area contributed by atoms with Crippen LogP contribution in [0.4, 0.5) is 0 Å². The first-order chi connectivity index (χ1) is 7.94. The van der Waals surface area contributed by atoms with Crippen LogP contribution in [0.3, 0.4) is 0 Å². The number of nitrogens with one attached hydrogen (secondary N) is 1. The highest BCUT2D eigenvalue weighted by atomic mass is 32.1. The van der Waals surface area contributed by atoms with E-state index >= 15 is 0 Å². The van der Waals surface area contributed by atoms with Crippen molar-refractivity contribution in [3.63, 3.8) is 0 Å². The van der Waals surface area contributed by atoms with Gasteiger partial charge in [-0.3, -0.25) is 0 Å². The Morgan fingerprint density at radius 2 is 2.18 bits per heavy atom. The minimum Gasteiger partial charge on any atom is -0.477 e. The zero-order valence-electron chi connectivity index (χ0n) is 10.2. The Balaban J connectivity index is 2.38. The molecule has 0 aromatic carbocycles. The van der Waals surface area contributed by atoms with Gasteiger partial charge in [-0.25, -0.2) is 4.79 Å². The Morgan fingerprint density at radius 3 is 2.71 bits per heavy atom. The largest absolute Gasteiger partial charge is 0.477 e. The highest BCUT2D eigenvalue weighted by molar-refractivity contribution is 7.13. The van der Waals surface area contributed by atoms with Crippen LogP contribution < -0.4 is 5.32 Å². The fraction of sp³-hybridized carbons (Fsp3) is 0.583. The number of rotatable bonds is 7. The minimum absolute atomic E-state index is 0.0572. The van der Waals surface area contributed by atoms with Gasteiger partial charge in [0, 0.05) is 24.6 Å². The molecule has 1 heterocycles. The fourth-order valence-electron chi connectivity index (χ4n) is 1.50. The second-order valence-corrected chi connectivity index (χ2v) is 5.98. The molecule has 4 nitrogen and oxygen atoms in total. The van der Waals surface area contributed by atoms with Crippen LogP contribution in [-0.4, -0.2) is 29.3 Å². The van der Waals surface area contributed by atoms with Crippen molar-refractivity contribution >= 4 is 17.3 Å². The second-order valence-electron chi connectivity index (χ2n) is 4.81. The van der Waals surface area contributed by atoms with Gasteiger partial charge in [0.05, 0.1) is 0 Å². The number of carboxylic acids is 1. The predicted octanol–water partition coefficient (Wildman–Crippen LogP) is 1.94. The van der Waals surface area contributed by atoms with Crippen molar-refractivity contribution in [2.75, 3.05) is 13.2 Å².